The highest BCUT2D eigenvalue weighted by Crippen LogP contribution is 2.15. The number of halogens is 1. The van der Waals surface area contributed by atoms with E-state index in [2.05, 4.69) is 9.97 Å². The van der Waals surface area contributed by atoms with Crippen molar-refractivity contribution in [2.45, 2.75) is 13.0 Å². The Hall–Kier alpha value is -0.470. The molecule has 1 heterocycles. The van der Waals surface area contributed by atoms with E-state index in [1.54, 1.807) is 6.07 Å². The second-order valence-electron chi connectivity index (χ2n) is 2.50. The van der Waals surface area contributed by atoms with Crippen LogP contribution >= 0.6 is 22.6 Å². The van der Waals surface area contributed by atoms with Crippen molar-refractivity contribution in [1.82, 2.24) is 9.97 Å². The number of rotatable bonds is 2. The van der Waals surface area contributed by atoms with E-state index in [0.29, 0.717) is 3.70 Å². The minimum absolute atomic E-state index is 0.0779. The zero-order valence-electron chi connectivity index (χ0n) is 6.90. The fraction of sp³-hybridized carbons (Fsp3) is 0.286. The molecule has 0 aliphatic heterocycles. The number of nitrogens with zero attached hydrogens (tertiary/aromatic N) is 2. The van der Waals surface area contributed by atoms with Crippen molar-refractivity contribution < 1.29 is 10.2 Å². The molecule has 0 bridgehead atoms. The Morgan fingerprint density at radius 3 is 2.69 bits per heavy atom. The first-order valence-corrected chi connectivity index (χ1v) is 4.63. The number of aromatic nitrogens is 2. The van der Waals surface area contributed by atoms with Crippen LogP contribution in [0, 0.1) is 9.80 Å². The van der Waals surface area contributed by atoms with Gasteiger partial charge in [0, 0.05) is 0 Å². The summed E-state index contributed by atoms with van der Waals surface area (Å²) in [5.41, 5.74) is 5.62. The Morgan fingerprint density at radius 2 is 2.23 bits per heavy atom. The molecule has 0 saturated carbocycles. The van der Waals surface area contributed by atoms with E-state index in [4.69, 9.17) is 10.8 Å². The third kappa shape index (κ3) is 2.75. The first-order chi connectivity index (χ1) is 6.00. The van der Waals surface area contributed by atoms with Gasteiger partial charge >= 0.3 is 0 Å². The lowest BCUT2D eigenvalue weighted by molar-refractivity contribution is 0.126. The lowest BCUT2D eigenvalue weighted by atomic mass is 10.1. The van der Waals surface area contributed by atoms with E-state index in [1.165, 1.54) is 6.92 Å². The molecule has 71 valence electrons. The fourth-order valence-electron chi connectivity index (χ4n) is 0.780. The van der Waals surface area contributed by atoms with E-state index < -0.39 is 6.10 Å². The van der Waals surface area contributed by atoms with Crippen LogP contribution in [-0.4, -0.2) is 26.3 Å². The second-order valence-corrected chi connectivity index (χ2v) is 3.60. The highest BCUT2D eigenvalue weighted by atomic mass is 127. The Balaban J connectivity index is 3.01. The van der Waals surface area contributed by atoms with Crippen molar-refractivity contribution in [2.24, 2.45) is 0 Å². The van der Waals surface area contributed by atoms with Gasteiger partial charge in [0.05, 0.1) is 11.8 Å². The van der Waals surface area contributed by atoms with Crippen molar-refractivity contribution in [3.05, 3.63) is 21.6 Å². The van der Waals surface area contributed by atoms with E-state index in [-0.39, 0.29) is 17.7 Å². The van der Waals surface area contributed by atoms with E-state index in [0.717, 1.165) is 0 Å². The van der Waals surface area contributed by atoms with Crippen LogP contribution in [0.5, 0.6) is 0 Å². The lowest BCUT2D eigenvalue weighted by Crippen LogP contribution is -2.17. The SMILES string of the molecule is CC(O)[C](O)c1cc(I)nc(N)n1. The van der Waals surface area contributed by atoms with Crippen LogP contribution in [0.25, 0.3) is 0 Å². The molecule has 0 amide bonds. The van der Waals surface area contributed by atoms with Crippen LogP contribution in [0.1, 0.15) is 12.6 Å². The van der Waals surface area contributed by atoms with Crippen LogP contribution in [-0.2, 0) is 0 Å². The summed E-state index contributed by atoms with van der Waals surface area (Å²) in [6.45, 7) is 1.44. The van der Waals surface area contributed by atoms with Gasteiger partial charge in [0.1, 0.15) is 3.70 Å². The predicted octanol–water partition coefficient (Wildman–Crippen LogP) is 0.297. The maximum absolute atomic E-state index is 9.36. The quantitative estimate of drug-likeness (QED) is 0.539. The number of nitrogens with two attached hydrogens (primary N) is 1. The number of hydrogen-bond acceptors (Lipinski definition) is 5. The Morgan fingerprint density at radius 1 is 1.62 bits per heavy atom. The largest absolute Gasteiger partial charge is 0.390 e. The highest BCUT2D eigenvalue weighted by Gasteiger charge is 2.17. The zero-order chi connectivity index (χ0) is 10.0. The van der Waals surface area contributed by atoms with Gasteiger partial charge in [-0.3, -0.25) is 0 Å². The molecule has 1 aromatic heterocycles. The van der Waals surface area contributed by atoms with Gasteiger partial charge in [-0.05, 0) is 35.6 Å². The maximum Gasteiger partial charge on any atom is 0.221 e. The molecule has 0 aromatic carbocycles. The summed E-state index contributed by atoms with van der Waals surface area (Å²) in [6.07, 6.45) is -1.16. The molecule has 1 radical (unpaired) electrons. The molecule has 13 heavy (non-hydrogen) atoms. The summed E-state index contributed by atoms with van der Waals surface area (Å²) in [7, 11) is 0. The molecule has 1 unspecified atom stereocenters. The minimum atomic E-state index is -0.954. The summed E-state index contributed by atoms with van der Waals surface area (Å²) in [6, 6.07) is 1.54. The van der Waals surface area contributed by atoms with Gasteiger partial charge in [0.25, 0.3) is 0 Å². The molecular formula is C7H9IN3O2. The summed E-state index contributed by atoms with van der Waals surface area (Å²) >= 11 is 1.95. The average Bonchev–Trinajstić information content (AvgIpc) is 2.01. The van der Waals surface area contributed by atoms with Crippen molar-refractivity contribution in [3.63, 3.8) is 0 Å². The van der Waals surface area contributed by atoms with E-state index >= 15 is 0 Å². The topological polar surface area (TPSA) is 92.3 Å². The molecule has 0 fully saturated rings. The monoisotopic (exact) mass is 294 g/mol. The molecule has 1 atom stereocenters. The number of anilines is 1. The number of hydrogen-bond donors (Lipinski definition) is 3. The van der Waals surface area contributed by atoms with Crippen molar-refractivity contribution in [2.75, 3.05) is 5.73 Å². The summed E-state index contributed by atoms with van der Waals surface area (Å²) < 4.78 is 0.618. The van der Waals surface area contributed by atoms with Gasteiger partial charge in [-0.2, -0.15) is 0 Å². The fourth-order valence-corrected chi connectivity index (χ4v) is 1.32. The first-order valence-electron chi connectivity index (χ1n) is 3.55. The summed E-state index contributed by atoms with van der Waals surface area (Å²) in [5, 5.41) is 18.4. The molecule has 1 aromatic rings. The first kappa shape index (κ1) is 10.6. The van der Waals surface area contributed by atoms with Gasteiger partial charge in [0.2, 0.25) is 5.95 Å². The maximum atomic E-state index is 9.36. The van der Waals surface area contributed by atoms with Crippen LogP contribution in [0.4, 0.5) is 5.95 Å². The van der Waals surface area contributed by atoms with Gasteiger partial charge in [0.15, 0.2) is 6.10 Å². The zero-order valence-corrected chi connectivity index (χ0v) is 9.06. The molecule has 1 rings (SSSR count). The second kappa shape index (κ2) is 4.16. The standard InChI is InChI=1S/C7H9IN3O2/c1-3(12)6(13)4-2-5(8)11-7(9)10-4/h2-3,12-13H,1H3,(H2,9,10,11). The molecule has 0 saturated heterocycles. The molecule has 0 aliphatic rings. The highest BCUT2D eigenvalue weighted by molar-refractivity contribution is 14.1. The molecule has 0 spiro atoms. The number of aliphatic hydroxyl groups excluding tert-OH is 2. The minimum Gasteiger partial charge on any atom is -0.390 e. The van der Waals surface area contributed by atoms with Crippen molar-refractivity contribution >= 4 is 28.5 Å². The van der Waals surface area contributed by atoms with Crippen molar-refractivity contribution in [3.8, 4) is 0 Å². The lowest BCUT2D eigenvalue weighted by Gasteiger charge is -2.11. The van der Waals surface area contributed by atoms with Crippen LogP contribution in [0.15, 0.2) is 6.07 Å². The molecular weight excluding hydrogens is 285 g/mol. The van der Waals surface area contributed by atoms with E-state index in [1.807, 2.05) is 22.6 Å². The molecule has 6 heteroatoms. The van der Waals surface area contributed by atoms with Gasteiger partial charge < -0.3 is 15.9 Å². The van der Waals surface area contributed by atoms with Gasteiger partial charge in [-0.25, -0.2) is 9.97 Å². The smallest absolute Gasteiger partial charge is 0.221 e. The number of aliphatic hydroxyl groups is 2. The Kier molecular flexibility index (Phi) is 3.40. The van der Waals surface area contributed by atoms with Gasteiger partial charge in [-0.1, -0.05) is 0 Å². The Labute approximate surface area is 89.2 Å². The molecule has 5 nitrogen and oxygen atoms in total. The van der Waals surface area contributed by atoms with E-state index in [9.17, 15) is 5.11 Å². The molecule has 4 N–H and O–H groups in total. The predicted molar refractivity (Wildman–Crippen MR) is 55.1 cm³/mol. The summed E-state index contributed by atoms with van der Waals surface area (Å²) in [5.74, 6) is 0.0779. The van der Waals surface area contributed by atoms with Crippen LogP contribution < -0.4 is 5.73 Å². The molecule has 0 aliphatic carbocycles. The normalized spacial score (nSPS) is 13.3. The Bertz CT molecular complexity index is 286. The third-order valence-corrected chi connectivity index (χ3v) is 1.92. The van der Waals surface area contributed by atoms with Crippen LogP contribution in [0.3, 0.4) is 0 Å². The average molecular weight is 294 g/mol. The van der Waals surface area contributed by atoms with Crippen molar-refractivity contribution in [1.29, 1.82) is 0 Å². The van der Waals surface area contributed by atoms with Gasteiger partial charge in [-0.15, -0.1) is 0 Å². The number of nitrogen functional groups attached to an aromatic ring is 1. The summed E-state index contributed by atoms with van der Waals surface area (Å²) in [4.78, 5) is 7.59. The third-order valence-electron chi connectivity index (χ3n) is 1.37. The van der Waals surface area contributed by atoms with Crippen LogP contribution in [0.2, 0.25) is 0 Å².